The second-order valence-electron chi connectivity index (χ2n) is 5.17. The minimum atomic E-state index is 0.156. The van der Waals surface area contributed by atoms with E-state index in [2.05, 4.69) is 39.8 Å². The highest BCUT2D eigenvalue weighted by atomic mass is 16.2. The van der Waals surface area contributed by atoms with Crippen molar-refractivity contribution in [1.82, 2.24) is 0 Å². The van der Waals surface area contributed by atoms with Gasteiger partial charge in [-0.1, -0.05) is 57.4 Å². The van der Waals surface area contributed by atoms with Gasteiger partial charge in [-0.3, -0.25) is 0 Å². The first-order valence-electron chi connectivity index (χ1n) is 6.49. The van der Waals surface area contributed by atoms with Crippen LogP contribution in [0.15, 0.2) is 23.8 Å². The van der Waals surface area contributed by atoms with Crippen molar-refractivity contribution in [3.8, 4) is 0 Å². The van der Waals surface area contributed by atoms with E-state index in [9.17, 15) is 0 Å². The Hall–Kier alpha value is -0.560. The van der Waals surface area contributed by atoms with Crippen LogP contribution in [0, 0.1) is 11.8 Å². The first-order valence-corrected chi connectivity index (χ1v) is 6.49. The van der Waals surface area contributed by atoms with Crippen LogP contribution in [0.3, 0.4) is 0 Å². The van der Waals surface area contributed by atoms with Crippen molar-refractivity contribution < 1.29 is 5.11 Å². The normalized spacial score (nSPS) is 15.0. The van der Waals surface area contributed by atoms with Crippen LogP contribution in [-0.2, 0) is 0 Å². The second-order valence-corrected chi connectivity index (χ2v) is 5.17. The van der Waals surface area contributed by atoms with Crippen LogP contribution in [0.25, 0.3) is 0 Å². The molecule has 0 heterocycles. The maximum absolute atomic E-state index is 8.71. The van der Waals surface area contributed by atoms with E-state index in [0.717, 1.165) is 12.3 Å². The fourth-order valence-corrected chi connectivity index (χ4v) is 1.67. The summed E-state index contributed by atoms with van der Waals surface area (Å²) in [5, 5.41) is 8.71. The molecule has 1 heteroatoms. The molecular weight excluding hydrogens is 196 g/mol. The number of hydrogen-bond donors (Lipinski definition) is 1. The molecule has 0 aliphatic rings. The molecule has 0 rings (SSSR count). The summed E-state index contributed by atoms with van der Waals surface area (Å²) in [7, 11) is 0. The van der Waals surface area contributed by atoms with Gasteiger partial charge in [0.15, 0.2) is 0 Å². The second kappa shape index (κ2) is 9.65. The summed E-state index contributed by atoms with van der Waals surface area (Å²) < 4.78 is 0. The number of aliphatic hydroxyl groups excluding tert-OH is 1. The minimum absolute atomic E-state index is 0.156. The van der Waals surface area contributed by atoms with Gasteiger partial charge in [-0.2, -0.15) is 0 Å². The van der Waals surface area contributed by atoms with Gasteiger partial charge in [-0.25, -0.2) is 0 Å². The standard InChI is InChI=1S/C15H28O/c1-13(2)7-5-8-14(3)9-6-10-15(4)11-12-16/h6,9,11,13-14,16H,5,7-8,10,12H2,1-4H3/b9-6+,15-11-. The van der Waals surface area contributed by atoms with E-state index in [1.165, 1.54) is 24.8 Å². The molecule has 0 aliphatic heterocycles. The van der Waals surface area contributed by atoms with E-state index in [0.29, 0.717) is 5.92 Å². The third-order valence-corrected chi connectivity index (χ3v) is 2.79. The number of hydrogen-bond acceptors (Lipinski definition) is 1. The molecule has 0 amide bonds. The molecule has 0 fully saturated rings. The molecule has 94 valence electrons. The summed E-state index contributed by atoms with van der Waals surface area (Å²) in [5.74, 6) is 1.51. The molecule has 16 heavy (non-hydrogen) atoms. The Bertz CT molecular complexity index is 213. The third kappa shape index (κ3) is 9.97. The number of allylic oxidation sites excluding steroid dienone is 3. The Balaban J connectivity index is 3.66. The van der Waals surface area contributed by atoms with Crippen molar-refractivity contribution in [2.75, 3.05) is 6.61 Å². The molecule has 1 N–H and O–H groups in total. The van der Waals surface area contributed by atoms with Crippen LogP contribution in [-0.4, -0.2) is 11.7 Å². The lowest BCUT2D eigenvalue weighted by Crippen LogP contribution is -1.93. The lowest BCUT2D eigenvalue weighted by molar-refractivity contribution is 0.341. The highest BCUT2D eigenvalue weighted by Crippen LogP contribution is 2.14. The summed E-state index contributed by atoms with van der Waals surface area (Å²) in [4.78, 5) is 0. The van der Waals surface area contributed by atoms with Crippen molar-refractivity contribution in [3.63, 3.8) is 0 Å². The lowest BCUT2D eigenvalue weighted by atomic mass is 9.99. The predicted molar refractivity (Wildman–Crippen MR) is 72.5 cm³/mol. The summed E-state index contributed by atoms with van der Waals surface area (Å²) in [5.41, 5.74) is 1.24. The molecule has 1 unspecified atom stereocenters. The highest BCUT2D eigenvalue weighted by Gasteiger charge is 1.98. The largest absolute Gasteiger partial charge is 0.392 e. The Kier molecular flexibility index (Phi) is 9.31. The lowest BCUT2D eigenvalue weighted by Gasteiger charge is -2.07. The maximum Gasteiger partial charge on any atom is 0.0615 e. The van der Waals surface area contributed by atoms with Crippen LogP contribution in [0.5, 0.6) is 0 Å². The fraction of sp³-hybridized carbons (Fsp3) is 0.733. The van der Waals surface area contributed by atoms with Gasteiger partial charge in [0.2, 0.25) is 0 Å². The Labute approximate surface area is 101 Å². The zero-order valence-corrected chi connectivity index (χ0v) is 11.4. The molecule has 0 saturated heterocycles. The van der Waals surface area contributed by atoms with E-state index in [4.69, 9.17) is 5.11 Å². The van der Waals surface area contributed by atoms with Gasteiger partial charge in [-0.15, -0.1) is 0 Å². The van der Waals surface area contributed by atoms with Gasteiger partial charge in [0.05, 0.1) is 6.61 Å². The van der Waals surface area contributed by atoms with Crippen LogP contribution in [0.1, 0.15) is 53.4 Å². The Morgan fingerprint density at radius 1 is 1.19 bits per heavy atom. The van der Waals surface area contributed by atoms with Crippen molar-refractivity contribution in [2.24, 2.45) is 11.8 Å². The topological polar surface area (TPSA) is 20.2 Å². The van der Waals surface area contributed by atoms with Crippen LogP contribution in [0.2, 0.25) is 0 Å². The molecule has 1 nitrogen and oxygen atoms in total. The molecule has 0 bridgehead atoms. The average Bonchev–Trinajstić information content (AvgIpc) is 2.17. The zero-order valence-electron chi connectivity index (χ0n) is 11.4. The quantitative estimate of drug-likeness (QED) is 0.608. The van der Waals surface area contributed by atoms with Gasteiger partial charge in [0, 0.05) is 0 Å². The predicted octanol–water partition coefficient (Wildman–Crippen LogP) is 4.33. The third-order valence-electron chi connectivity index (χ3n) is 2.79. The first kappa shape index (κ1) is 15.4. The number of aliphatic hydroxyl groups is 1. The van der Waals surface area contributed by atoms with E-state index < -0.39 is 0 Å². The van der Waals surface area contributed by atoms with Gasteiger partial charge < -0.3 is 5.11 Å². The summed E-state index contributed by atoms with van der Waals surface area (Å²) >= 11 is 0. The van der Waals surface area contributed by atoms with Gasteiger partial charge in [0.1, 0.15) is 0 Å². The molecule has 0 aliphatic carbocycles. The van der Waals surface area contributed by atoms with Crippen molar-refractivity contribution in [1.29, 1.82) is 0 Å². The summed E-state index contributed by atoms with van der Waals surface area (Å²) in [6, 6.07) is 0. The van der Waals surface area contributed by atoms with E-state index in [1.54, 1.807) is 0 Å². The summed E-state index contributed by atoms with van der Waals surface area (Å²) in [6.07, 6.45) is 11.3. The van der Waals surface area contributed by atoms with E-state index in [1.807, 2.05) is 6.08 Å². The average molecular weight is 224 g/mol. The van der Waals surface area contributed by atoms with Crippen LogP contribution < -0.4 is 0 Å². The SMILES string of the molecule is C/C(=C/CO)C/C=C/C(C)CCCC(C)C. The molecule has 0 aromatic heterocycles. The molecule has 0 aromatic carbocycles. The highest BCUT2D eigenvalue weighted by molar-refractivity contribution is 5.05. The first-order chi connectivity index (χ1) is 7.56. The fourth-order valence-electron chi connectivity index (χ4n) is 1.67. The number of rotatable bonds is 8. The molecule has 0 radical (unpaired) electrons. The summed E-state index contributed by atoms with van der Waals surface area (Å²) in [6.45, 7) is 9.06. The maximum atomic E-state index is 8.71. The Morgan fingerprint density at radius 3 is 2.44 bits per heavy atom. The van der Waals surface area contributed by atoms with E-state index in [-0.39, 0.29) is 6.61 Å². The van der Waals surface area contributed by atoms with Crippen molar-refractivity contribution >= 4 is 0 Å². The smallest absolute Gasteiger partial charge is 0.0615 e. The Morgan fingerprint density at radius 2 is 1.88 bits per heavy atom. The van der Waals surface area contributed by atoms with Crippen LogP contribution in [0.4, 0.5) is 0 Å². The minimum Gasteiger partial charge on any atom is -0.392 e. The van der Waals surface area contributed by atoms with Gasteiger partial charge >= 0.3 is 0 Å². The van der Waals surface area contributed by atoms with Gasteiger partial charge in [-0.05, 0) is 31.6 Å². The molecule has 0 aromatic rings. The zero-order chi connectivity index (χ0) is 12.4. The molecular formula is C15H28O. The monoisotopic (exact) mass is 224 g/mol. The van der Waals surface area contributed by atoms with E-state index >= 15 is 0 Å². The molecule has 0 spiro atoms. The van der Waals surface area contributed by atoms with Crippen molar-refractivity contribution in [3.05, 3.63) is 23.8 Å². The van der Waals surface area contributed by atoms with Gasteiger partial charge in [0.25, 0.3) is 0 Å². The van der Waals surface area contributed by atoms with Crippen LogP contribution >= 0.6 is 0 Å². The molecule has 0 saturated carbocycles. The van der Waals surface area contributed by atoms with Crippen molar-refractivity contribution in [2.45, 2.75) is 53.4 Å². The molecule has 1 atom stereocenters.